The monoisotopic (exact) mass is 278 g/mol. The molecule has 0 bridgehead atoms. The predicted molar refractivity (Wildman–Crippen MR) is 78.8 cm³/mol. The summed E-state index contributed by atoms with van der Waals surface area (Å²) in [6.07, 6.45) is 5.05. The highest BCUT2D eigenvalue weighted by molar-refractivity contribution is 6.30. The van der Waals surface area contributed by atoms with Gasteiger partial charge in [0.25, 0.3) is 0 Å². The minimum Gasteiger partial charge on any atom is -0.496 e. The number of hydrogen-bond acceptors (Lipinski definition) is 2. The first-order valence-electron chi connectivity index (χ1n) is 6.37. The molecule has 0 spiro atoms. The molecule has 4 heteroatoms. The normalized spacial score (nSPS) is 12.4. The molecule has 102 valence electrons. The van der Waals surface area contributed by atoms with E-state index in [1.54, 1.807) is 7.11 Å². The molecule has 1 aromatic carbocycles. The third kappa shape index (κ3) is 3.31. The number of methoxy groups -OCH3 is 1. The maximum Gasteiger partial charge on any atom is 0.123 e. The molecule has 0 saturated heterocycles. The summed E-state index contributed by atoms with van der Waals surface area (Å²) in [6, 6.07) is 7.81. The van der Waals surface area contributed by atoms with E-state index in [9.17, 15) is 0 Å². The van der Waals surface area contributed by atoms with E-state index in [1.807, 2.05) is 24.4 Å². The summed E-state index contributed by atoms with van der Waals surface area (Å²) in [4.78, 5) is 0. The molecule has 19 heavy (non-hydrogen) atoms. The predicted octanol–water partition coefficient (Wildman–Crippen LogP) is 3.61. The quantitative estimate of drug-likeness (QED) is 0.908. The van der Waals surface area contributed by atoms with Gasteiger partial charge in [-0.3, -0.25) is 0 Å². The minimum absolute atomic E-state index is 0.0995. The van der Waals surface area contributed by atoms with Crippen LogP contribution in [0.2, 0.25) is 5.02 Å². The van der Waals surface area contributed by atoms with Crippen LogP contribution >= 0.6 is 11.6 Å². The van der Waals surface area contributed by atoms with Crippen LogP contribution in [0.5, 0.6) is 5.75 Å². The Morgan fingerprint density at radius 2 is 2.16 bits per heavy atom. The van der Waals surface area contributed by atoms with Crippen LogP contribution in [0.3, 0.4) is 0 Å². The van der Waals surface area contributed by atoms with Gasteiger partial charge in [-0.1, -0.05) is 18.5 Å². The second-order valence-electron chi connectivity index (χ2n) is 4.59. The van der Waals surface area contributed by atoms with Crippen molar-refractivity contribution < 1.29 is 4.74 Å². The van der Waals surface area contributed by atoms with Crippen LogP contribution in [-0.2, 0) is 6.54 Å². The van der Waals surface area contributed by atoms with Crippen LogP contribution in [-0.4, -0.2) is 11.7 Å². The Labute approximate surface area is 118 Å². The lowest BCUT2D eigenvalue weighted by Crippen LogP contribution is -2.07. The van der Waals surface area contributed by atoms with Crippen molar-refractivity contribution in [1.29, 1.82) is 0 Å². The van der Waals surface area contributed by atoms with Crippen molar-refractivity contribution in [3.05, 3.63) is 52.8 Å². The molecule has 0 amide bonds. The largest absolute Gasteiger partial charge is 0.496 e. The molecule has 1 unspecified atom stereocenters. The van der Waals surface area contributed by atoms with E-state index in [0.717, 1.165) is 29.8 Å². The molecule has 2 N–H and O–H groups in total. The van der Waals surface area contributed by atoms with Crippen molar-refractivity contribution in [3.63, 3.8) is 0 Å². The molecule has 1 heterocycles. The summed E-state index contributed by atoms with van der Waals surface area (Å²) in [5.41, 5.74) is 8.24. The van der Waals surface area contributed by atoms with Crippen molar-refractivity contribution in [3.8, 4) is 5.75 Å². The Morgan fingerprint density at radius 3 is 2.84 bits per heavy atom. The van der Waals surface area contributed by atoms with Gasteiger partial charge in [-0.25, -0.2) is 0 Å². The molecule has 0 aliphatic heterocycles. The van der Waals surface area contributed by atoms with Crippen molar-refractivity contribution in [2.45, 2.75) is 25.9 Å². The summed E-state index contributed by atoms with van der Waals surface area (Å²) in [6.45, 7) is 2.81. The Kier molecular flexibility index (Phi) is 4.51. The standard InChI is InChI=1S/C15H19ClN2O/c1-3-14(17)11-6-7-18(9-11)10-12-8-13(16)4-5-15(12)19-2/h4-9,14H,3,10,17H2,1-2H3. The zero-order valence-corrected chi connectivity index (χ0v) is 12.0. The highest BCUT2D eigenvalue weighted by atomic mass is 35.5. The Hall–Kier alpha value is -1.45. The maximum absolute atomic E-state index is 6.03. The average Bonchev–Trinajstić information content (AvgIpc) is 2.86. The highest BCUT2D eigenvalue weighted by Crippen LogP contribution is 2.24. The van der Waals surface area contributed by atoms with Gasteiger partial charge < -0.3 is 15.0 Å². The fraction of sp³-hybridized carbons (Fsp3) is 0.333. The zero-order valence-electron chi connectivity index (χ0n) is 11.3. The van der Waals surface area contributed by atoms with E-state index in [1.165, 1.54) is 0 Å². The molecular formula is C15H19ClN2O. The number of nitrogens with zero attached hydrogens (tertiary/aromatic N) is 1. The van der Waals surface area contributed by atoms with Crippen LogP contribution in [0.1, 0.15) is 30.5 Å². The zero-order chi connectivity index (χ0) is 13.8. The highest BCUT2D eigenvalue weighted by Gasteiger charge is 2.08. The van der Waals surface area contributed by atoms with E-state index < -0.39 is 0 Å². The molecular weight excluding hydrogens is 260 g/mol. The van der Waals surface area contributed by atoms with E-state index in [4.69, 9.17) is 22.1 Å². The third-order valence-corrected chi connectivity index (χ3v) is 3.47. The van der Waals surface area contributed by atoms with Gasteiger partial charge in [-0.2, -0.15) is 0 Å². The number of halogens is 1. The topological polar surface area (TPSA) is 40.2 Å². The number of nitrogens with two attached hydrogens (primary N) is 1. The van der Waals surface area contributed by atoms with Gasteiger partial charge >= 0.3 is 0 Å². The molecule has 1 aromatic heterocycles. The Balaban J connectivity index is 2.21. The number of aromatic nitrogens is 1. The maximum atomic E-state index is 6.03. The van der Waals surface area contributed by atoms with Crippen molar-refractivity contribution in [1.82, 2.24) is 4.57 Å². The Bertz CT molecular complexity index is 551. The average molecular weight is 279 g/mol. The number of rotatable bonds is 5. The van der Waals surface area contributed by atoms with Crippen LogP contribution in [0.4, 0.5) is 0 Å². The summed E-state index contributed by atoms with van der Waals surface area (Å²) >= 11 is 6.03. The van der Waals surface area contributed by atoms with E-state index in [0.29, 0.717) is 5.02 Å². The second kappa shape index (κ2) is 6.13. The van der Waals surface area contributed by atoms with Gasteiger partial charge in [-0.15, -0.1) is 0 Å². The van der Waals surface area contributed by atoms with E-state index in [2.05, 4.69) is 23.8 Å². The smallest absolute Gasteiger partial charge is 0.123 e. The molecule has 2 rings (SSSR count). The lowest BCUT2D eigenvalue weighted by molar-refractivity contribution is 0.408. The van der Waals surface area contributed by atoms with E-state index >= 15 is 0 Å². The molecule has 0 fully saturated rings. The van der Waals surface area contributed by atoms with Gasteiger partial charge in [-0.05, 0) is 36.2 Å². The molecule has 0 radical (unpaired) electrons. The summed E-state index contributed by atoms with van der Waals surface area (Å²) in [5, 5.41) is 0.716. The third-order valence-electron chi connectivity index (χ3n) is 3.24. The van der Waals surface area contributed by atoms with Gasteiger partial charge in [0.1, 0.15) is 5.75 Å². The minimum atomic E-state index is 0.0995. The molecule has 3 nitrogen and oxygen atoms in total. The second-order valence-corrected chi connectivity index (χ2v) is 5.02. The molecule has 0 aliphatic carbocycles. The fourth-order valence-corrected chi connectivity index (χ4v) is 2.27. The lowest BCUT2D eigenvalue weighted by atomic mass is 10.1. The Morgan fingerprint density at radius 1 is 1.37 bits per heavy atom. The molecule has 0 aliphatic rings. The fourth-order valence-electron chi connectivity index (χ4n) is 2.08. The van der Waals surface area contributed by atoms with Crippen LogP contribution in [0.15, 0.2) is 36.7 Å². The van der Waals surface area contributed by atoms with Crippen molar-refractivity contribution in [2.75, 3.05) is 7.11 Å². The lowest BCUT2D eigenvalue weighted by Gasteiger charge is -2.10. The first kappa shape index (κ1) is 14.0. The first-order valence-corrected chi connectivity index (χ1v) is 6.75. The van der Waals surface area contributed by atoms with Gasteiger partial charge in [0.15, 0.2) is 0 Å². The van der Waals surface area contributed by atoms with Crippen LogP contribution in [0, 0.1) is 0 Å². The summed E-state index contributed by atoms with van der Waals surface area (Å²) < 4.78 is 7.45. The molecule has 2 aromatic rings. The van der Waals surface area contributed by atoms with Gasteiger partial charge in [0.05, 0.1) is 13.7 Å². The summed E-state index contributed by atoms with van der Waals surface area (Å²) in [7, 11) is 1.67. The SMILES string of the molecule is CCC(N)c1ccn(Cc2cc(Cl)ccc2OC)c1. The molecule has 1 atom stereocenters. The number of benzene rings is 1. The number of ether oxygens (including phenoxy) is 1. The van der Waals surface area contributed by atoms with Crippen LogP contribution < -0.4 is 10.5 Å². The van der Waals surface area contributed by atoms with Crippen molar-refractivity contribution >= 4 is 11.6 Å². The van der Waals surface area contributed by atoms with Gasteiger partial charge in [0, 0.05) is 29.0 Å². The van der Waals surface area contributed by atoms with Crippen molar-refractivity contribution in [2.24, 2.45) is 5.73 Å². The van der Waals surface area contributed by atoms with E-state index in [-0.39, 0.29) is 6.04 Å². The molecule has 0 saturated carbocycles. The first-order chi connectivity index (χ1) is 9.13. The summed E-state index contributed by atoms with van der Waals surface area (Å²) in [5.74, 6) is 0.847. The van der Waals surface area contributed by atoms with Crippen LogP contribution in [0.25, 0.3) is 0 Å². The number of hydrogen-bond donors (Lipinski definition) is 1. The van der Waals surface area contributed by atoms with Gasteiger partial charge in [0.2, 0.25) is 0 Å².